The minimum absolute atomic E-state index is 0.0469. The van der Waals surface area contributed by atoms with Crippen LogP contribution in [0.3, 0.4) is 0 Å². The first-order valence-corrected chi connectivity index (χ1v) is 7.18. The van der Waals surface area contributed by atoms with Crippen molar-refractivity contribution in [3.63, 3.8) is 0 Å². The van der Waals surface area contributed by atoms with Crippen LogP contribution < -0.4 is 5.32 Å². The lowest BCUT2D eigenvalue weighted by Crippen LogP contribution is -2.51. The first kappa shape index (κ1) is 13.6. The zero-order chi connectivity index (χ0) is 12.8. The molecular formula is C16H25NO. The summed E-state index contributed by atoms with van der Waals surface area (Å²) in [7, 11) is 0. The molecule has 1 aliphatic rings. The van der Waals surface area contributed by atoms with Gasteiger partial charge < -0.3 is 10.4 Å². The van der Waals surface area contributed by atoms with E-state index in [0.29, 0.717) is 0 Å². The molecule has 0 aliphatic heterocycles. The van der Waals surface area contributed by atoms with Crippen LogP contribution in [0, 0.1) is 5.92 Å². The standard InChI is InChI=1S/C16H25NO/c1-2-14-9-6-10-16(11-14,13-18)17-12-15-7-4-3-5-8-15/h3-5,7-8,14,17-18H,2,6,9-13H2,1H3. The van der Waals surface area contributed by atoms with Gasteiger partial charge in [0.05, 0.1) is 6.61 Å². The highest BCUT2D eigenvalue weighted by Crippen LogP contribution is 2.34. The van der Waals surface area contributed by atoms with Gasteiger partial charge in [-0.2, -0.15) is 0 Å². The molecule has 2 unspecified atom stereocenters. The Balaban J connectivity index is 1.95. The second-order valence-electron chi connectivity index (χ2n) is 5.65. The molecule has 0 spiro atoms. The van der Waals surface area contributed by atoms with Crippen molar-refractivity contribution in [2.75, 3.05) is 6.61 Å². The molecule has 2 rings (SSSR count). The number of rotatable bonds is 5. The molecule has 2 nitrogen and oxygen atoms in total. The molecule has 1 fully saturated rings. The molecule has 0 aromatic heterocycles. The lowest BCUT2D eigenvalue weighted by Gasteiger charge is -2.40. The summed E-state index contributed by atoms with van der Waals surface area (Å²) in [5, 5.41) is 13.4. The Hall–Kier alpha value is -0.860. The third-order valence-corrected chi connectivity index (χ3v) is 4.34. The highest BCUT2D eigenvalue weighted by atomic mass is 16.3. The van der Waals surface area contributed by atoms with Gasteiger partial charge in [0.25, 0.3) is 0 Å². The fourth-order valence-corrected chi connectivity index (χ4v) is 3.08. The maximum atomic E-state index is 9.77. The van der Waals surface area contributed by atoms with E-state index in [9.17, 15) is 5.11 Å². The summed E-state index contributed by atoms with van der Waals surface area (Å²) in [6.07, 6.45) is 6.01. The van der Waals surface area contributed by atoms with Gasteiger partial charge in [0.2, 0.25) is 0 Å². The Morgan fingerprint density at radius 2 is 2.11 bits per heavy atom. The minimum Gasteiger partial charge on any atom is -0.394 e. The average molecular weight is 247 g/mol. The van der Waals surface area contributed by atoms with Crippen LogP contribution in [-0.4, -0.2) is 17.3 Å². The van der Waals surface area contributed by atoms with Gasteiger partial charge in [0.15, 0.2) is 0 Å². The molecule has 0 saturated heterocycles. The van der Waals surface area contributed by atoms with E-state index in [-0.39, 0.29) is 12.1 Å². The first-order valence-electron chi connectivity index (χ1n) is 7.18. The van der Waals surface area contributed by atoms with Crippen LogP contribution in [0.1, 0.15) is 44.6 Å². The quantitative estimate of drug-likeness (QED) is 0.838. The van der Waals surface area contributed by atoms with E-state index < -0.39 is 0 Å². The van der Waals surface area contributed by atoms with E-state index in [1.165, 1.54) is 24.8 Å². The molecule has 1 aromatic rings. The largest absolute Gasteiger partial charge is 0.394 e. The second kappa shape index (κ2) is 6.35. The molecule has 0 bridgehead atoms. The molecule has 100 valence electrons. The van der Waals surface area contributed by atoms with Gasteiger partial charge in [-0.1, -0.05) is 56.5 Å². The lowest BCUT2D eigenvalue weighted by atomic mass is 9.75. The monoisotopic (exact) mass is 247 g/mol. The fraction of sp³-hybridized carbons (Fsp3) is 0.625. The third-order valence-electron chi connectivity index (χ3n) is 4.34. The number of aliphatic hydroxyl groups is 1. The van der Waals surface area contributed by atoms with E-state index in [2.05, 4.69) is 36.5 Å². The van der Waals surface area contributed by atoms with Crippen LogP contribution in [0.15, 0.2) is 30.3 Å². The van der Waals surface area contributed by atoms with Gasteiger partial charge in [0.1, 0.15) is 0 Å². The van der Waals surface area contributed by atoms with Gasteiger partial charge in [0, 0.05) is 12.1 Å². The number of hydrogen-bond donors (Lipinski definition) is 2. The maximum absolute atomic E-state index is 9.77. The average Bonchev–Trinajstić information content (AvgIpc) is 2.46. The molecule has 1 saturated carbocycles. The number of benzene rings is 1. The van der Waals surface area contributed by atoms with Crippen molar-refractivity contribution in [3.05, 3.63) is 35.9 Å². The molecule has 2 N–H and O–H groups in total. The molecule has 0 amide bonds. The fourth-order valence-electron chi connectivity index (χ4n) is 3.08. The number of aliphatic hydroxyl groups excluding tert-OH is 1. The van der Waals surface area contributed by atoms with E-state index in [1.807, 2.05) is 6.07 Å². The maximum Gasteiger partial charge on any atom is 0.0613 e. The van der Waals surface area contributed by atoms with Gasteiger partial charge in [-0.15, -0.1) is 0 Å². The highest BCUT2D eigenvalue weighted by molar-refractivity contribution is 5.15. The van der Waals surface area contributed by atoms with Crippen molar-refractivity contribution in [1.29, 1.82) is 0 Å². The number of nitrogens with one attached hydrogen (secondary N) is 1. The van der Waals surface area contributed by atoms with Crippen molar-refractivity contribution >= 4 is 0 Å². The summed E-state index contributed by atoms with van der Waals surface area (Å²) in [6.45, 7) is 3.38. The molecule has 1 aliphatic carbocycles. The summed E-state index contributed by atoms with van der Waals surface area (Å²) in [5.41, 5.74) is 1.25. The lowest BCUT2D eigenvalue weighted by molar-refractivity contribution is 0.0925. The summed E-state index contributed by atoms with van der Waals surface area (Å²) < 4.78 is 0. The number of hydrogen-bond acceptors (Lipinski definition) is 2. The summed E-state index contributed by atoms with van der Waals surface area (Å²) in [4.78, 5) is 0. The van der Waals surface area contributed by atoms with Crippen molar-refractivity contribution in [2.45, 2.75) is 51.1 Å². The smallest absolute Gasteiger partial charge is 0.0613 e. The van der Waals surface area contributed by atoms with Crippen molar-refractivity contribution in [3.8, 4) is 0 Å². The Bertz CT molecular complexity index is 351. The summed E-state index contributed by atoms with van der Waals surface area (Å²) >= 11 is 0. The Kier molecular flexibility index (Phi) is 4.79. The zero-order valence-electron chi connectivity index (χ0n) is 11.4. The third kappa shape index (κ3) is 3.33. The SMILES string of the molecule is CCC1CCCC(CO)(NCc2ccccc2)C1. The first-order chi connectivity index (χ1) is 8.78. The van der Waals surface area contributed by atoms with Crippen LogP contribution in [-0.2, 0) is 6.54 Å². The molecule has 0 heterocycles. The molecule has 18 heavy (non-hydrogen) atoms. The van der Waals surface area contributed by atoms with E-state index in [1.54, 1.807) is 0 Å². The zero-order valence-corrected chi connectivity index (χ0v) is 11.4. The Morgan fingerprint density at radius 3 is 2.78 bits per heavy atom. The highest BCUT2D eigenvalue weighted by Gasteiger charge is 2.34. The topological polar surface area (TPSA) is 32.3 Å². The van der Waals surface area contributed by atoms with Gasteiger partial charge >= 0.3 is 0 Å². The van der Waals surface area contributed by atoms with Gasteiger partial charge in [-0.25, -0.2) is 0 Å². The predicted octanol–water partition coefficient (Wildman–Crippen LogP) is 3.11. The molecule has 2 atom stereocenters. The molecule has 2 heteroatoms. The van der Waals surface area contributed by atoms with Gasteiger partial charge in [-0.3, -0.25) is 0 Å². The van der Waals surface area contributed by atoms with E-state index in [4.69, 9.17) is 0 Å². The molecular weight excluding hydrogens is 222 g/mol. The summed E-state index contributed by atoms with van der Waals surface area (Å²) in [5.74, 6) is 0.772. The van der Waals surface area contributed by atoms with Crippen LogP contribution in [0.2, 0.25) is 0 Å². The van der Waals surface area contributed by atoms with Crippen LogP contribution in [0.25, 0.3) is 0 Å². The normalized spacial score (nSPS) is 28.2. The van der Waals surface area contributed by atoms with Crippen LogP contribution >= 0.6 is 0 Å². The van der Waals surface area contributed by atoms with Crippen molar-refractivity contribution in [1.82, 2.24) is 5.32 Å². The van der Waals surface area contributed by atoms with Crippen LogP contribution in [0.5, 0.6) is 0 Å². The molecule has 0 radical (unpaired) electrons. The van der Waals surface area contributed by atoms with Crippen molar-refractivity contribution < 1.29 is 5.11 Å². The molecule has 1 aromatic carbocycles. The predicted molar refractivity (Wildman–Crippen MR) is 75.3 cm³/mol. The van der Waals surface area contributed by atoms with Crippen LogP contribution in [0.4, 0.5) is 0 Å². The summed E-state index contributed by atoms with van der Waals surface area (Å²) in [6, 6.07) is 10.5. The minimum atomic E-state index is -0.0469. The second-order valence-corrected chi connectivity index (χ2v) is 5.65. The van der Waals surface area contributed by atoms with E-state index >= 15 is 0 Å². The Labute approximate surface area is 110 Å². The Morgan fingerprint density at radius 1 is 1.33 bits per heavy atom. The van der Waals surface area contributed by atoms with Gasteiger partial charge in [-0.05, 0) is 24.3 Å². The van der Waals surface area contributed by atoms with E-state index in [0.717, 1.165) is 25.3 Å². The van der Waals surface area contributed by atoms with Crippen molar-refractivity contribution in [2.24, 2.45) is 5.92 Å².